The number of thioether (sulfide) groups is 1. The summed E-state index contributed by atoms with van der Waals surface area (Å²) in [5.74, 6) is -0.209. The summed E-state index contributed by atoms with van der Waals surface area (Å²) in [6.45, 7) is 1.92. The van der Waals surface area contributed by atoms with Gasteiger partial charge in [0, 0.05) is 5.56 Å². The molecule has 3 nitrogen and oxygen atoms in total. The Morgan fingerprint density at radius 1 is 1.60 bits per heavy atom. The maximum absolute atomic E-state index is 11.6. The smallest absolute Gasteiger partial charge is 0.252 e. The fourth-order valence-corrected chi connectivity index (χ4v) is 1.46. The lowest BCUT2D eigenvalue weighted by Crippen LogP contribution is -2.31. The molecule has 0 fully saturated rings. The summed E-state index contributed by atoms with van der Waals surface area (Å²) in [5.41, 5.74) is 1.62. The molecular weight excluding hydrogens is 208 g/mol. The van der Waals surface area contributed by atoms with E-state index in [4.69, 9.17) is 5.26 Å². The molecule has 0 saturated heterocycles. The van der Waals surface area contributed by atoms with Crippen molar-refractivity contribution < 1.29 is 4.79 Å². The molecule has 0 heterocycles. The van der Waals surface area contributed by atoms with E-state index in [-0.39, 0.29) is 5.91 Å². The molecule has 1 atom stereocenters. The zero-order valence-corrected chi connectivity index (χ0v) is 9.47. The van der Waals surface area contributed by atoms with E-state index in [1.807, 2.05) is 25.1 Å². The maximum Gasteiger partial charge on any atom is 0.252 e. The van der Waals surface area contributed by atoms with Crippen molar-refractivity contribution >= 4 is 17.7 Å². The third kappa shape index (κ3) is 3.30. The van der Waals surface area contributed by atoms with E-state index in [2.05, 4.69) is 5.32 Å². The molecule has 0 aliphatic rings. The Bertz CT molecular complexity index is 398. The van der Waals surface area contributed by atoms with Gasteiger partial charge in [-0.2, -0.15) is 5.26 Å². The van der Waals surface area contributed by atoms with Gasteiger partial charge in [0.25, 0.3) is 5.91 Å². The third-order valence-corrected chi connectivity index (χ3v) is 2.59. The van der Waals surface area contributed by atoms with Crippen LogP contribution >= 0.6 is 11.8 Å². The standard InChI is InChI=1S/C11H12N2OS/c1-8-4-3-5-9(6-8)11(14)13-10(7-12)15-2/h3-6,10H,1-2H3,(H,13,14). The lowest BCUT2D eigenvalue weighted by atomic mass is 10.1. The van der Waals surface area contributed by atoms with Crippen molar-refractivity contribution in [1.82, 2.24) is 5.32 Å². The minimum Gasteiger partial charge on any atom is -0.328 e. The minimum atomic E-state index is -0.488. The number of carbonyl (C=O) groups is 1. The zero-order chi connectivity index (χ0) is 11.3. The highest BCUT2D eigenvalue weighted by atomic mass is 32.2. The predicted octanol–water partition coefficient (Wildman–Crippen LogP) is 1.94. The summed E-state index contributed by atoms with van der Waals surface area (Å²) in [7, 11) is 0. The molecule has 0 aliphatic carbocycles. The highest BCUT2D eigenvalue weighted by molar-refractivity contribution is 7.99. The van der Waals surface area contributed by atoms with Crippen LogP contribution in [-0.4, -0.2) is 17.5 Å². The predicted molar refractivity (Wildman–Crippen MR) is 61.6 cm³/mol. The van der Waals surface area contributed by atoms with Crippen LogP contribution in [0.2, 0.25) is 0 Å². The van der Waals surface area contributed by atoms with Crippen molar-refractivity contribution in [2.45, 2.75) is 12.3 Å². The van der Waals surface area contributed by atoms with E-state index < -0.39 is 5.37 Å². The monoisotopic (exact) mass is 220 g/mol. The van der Waals surface area contributed by atoms with Gasteiger partial charge < -0.3 is 5.32 Å². The van der Waals surface area contributed by atoms with Crippen molar-refractivity contribution in [1.29, 1.82) is 5.26 Å². The van der Waals surface area contributed by atoms with E-state index in [1.54, 1.807) is 18.4 Å². The van der Waals surface area contributed by atoms with Gasteiger partial charge in [-0.25, -0.2) is 0 Å². The molecule has 0 bridgehead atoms. The number of nitrogens with one attached hydrogen (secondary N) is 1. The second-order valence-electron chi connectivity index (χ2n) is 3.09. The highest BCUT2D eigenvalue weighted by Crippen LogP contribution is 2.06. The fraction of sp³-hybridized carbons (Fsp3) is 0.273. The van der Waals surface area contributed by atoms with Crippen molar-refractivity contribution in [3.05, 3.63) is 35.4 Å². The van der Waals surface area contributed by atoms with E-state index in [9.17, 15) is 4.79 Å². The molecule has 1 unspecified atom stereocenters. The Labute approximate surface area is 93.5 Å². The highest BCUT2D eigenvalue weighted by Gasteiger charge is 2.11. The Kier molecular flexibility index (Phi) is 4.19. The molecular formula is C11H12N2OS. The van der Waals surface area contributed by atoms with Crippen LogP contribution in [0.15, 0.2) is 24.3 Å². The first-order valence-electron chi connectivity index (χ1n) is 4.47. The average Bonchev–Trinajstić information content (AvgIpc) is 2.25. The van der Waals surface area contributed by atoms with Crippen LogP contribution in [0.5, 0.6) is 0 Å². The van der Waals surface area contributed by atoms with Crippen molar-refractivity contribution in [3.8, 4) is 6.07 Å². The van der Waals surface area contributed by atoms with Gasteiger partial charge in [-0.15, -0.1) is 11.8 Å². The molecule has 1 aromatic rings. The van der Waals surface area contributed by atoms with Gasteiger partial charge >= 0.3 is 0 Å². The Hall–Kier alpha value is -1.47. The second-order valence-corrected chi connectivity index (χ2v) is 4.03. The number of nitrogens with zero attached hydrogens (tertiary/aromatic N) is 1. The van der Waals surface area contributed by atoms with Crippen LogP contribution in [0, 0.1) is 18.3 Å². The SMILES string of the molecule is CSC(C#N)NC(=O)c1cccc(C)c1. The molecule has 1 aromatic carbocycles. The van der Waals surface area contributed by atoms with Gasteiger partial charge in [0.1, 0.15) is 0 Å². The molecule has 1 amide bonds. The van der Waals surface area contributed by atoms with Crippen LogP contribution in [0.4, 0.5) is 0 Å². The second kappa shape index (κ2) is 5.42. The Balaban J connectivity index is 2.74. The molecule has 0 aromatic heterocycles. The topological polar surface area (TPSA) is 52.9 Å². The number of amides is 1. The normalized spacial score (nSPS) is 11.5. The lowest BCUT2D eigenvalue weighted by Gasteiger charge is -2.08. The van der Waals surface area contributed by atoms with Crippen molar-refractivity contribution in [3.63, 3.8) is 0 Å². The van der Waals surface area contributed by atoms with Gasteiger partial charge in [0.15, 0.2) is 5.37 Å². The van der Waals surface area contributed by atoms with E-state index >= 15 is 0 Å². The molecule has 78 valence electrons. The third-order valence-electron chi connectivity index (χ3n) is 1.90. The van der Waals surface area contributed by atoms with E-state index in [1.165, 1.54) is 11.8 Å². The van der Waals surface area contributed by atoms with Crippen LogP contribution in [0.3, 0.4) is 0 Å². The number of aryl methyl sites for hydroxylation is 1. The van der Waals surface area contributed by atoms with Crippen LogP contribution in [0.25, 0.3) is 0 Å². The zero-order valence-electron chi connectivity index (χ0n) is 8.65. The first-order valence-corrected chi connectivity index (χ1v) is 5.76. The minimum absolute atomic E-state index is 0.209. The van der Waals surface area contributed by atoms with Crippen molar-refractivity contribution in [2.75, 3.05) is 6.26 Å². The number of benzene rings is 1. The Morgan fingerprint density at radius 2 is 2.33 bits per heavy atom. The molecule has 0 saturated carbocycles. The van der Waals surface area contributed by atoms with Gasteiger partial charge in [-0.3, -0.25) is 4.79 Å². The van der Waals surface area contributed by atoms with Gasteiger partial charge in [0.2, 0.25) is 0 Å². The number of hydrogen-bond acceptors (Lipinski definition) is 3. The molecule has 15 heavy (non-hydrogen) atoms. The van der Waals surface area contributed by atoms with E-state index in [0.717, 1.165) is 5.56 Å². The maximum atomic E-state index is 11.6. The lowest BCUT2D eigenvalue weighted by molar-refractivity contribution is 0.0955. The molecule has 0 aliphatic heterocycles. The van der Waals surface area contributed by atoms with Gasteiger partial charge in [-0.05, 0) is 25.3 Å². The quantitative estimate of drug-likeness (QED) is 0.792. The van der Waals surface area contributed by atoms with Gasteiger partial charge in [0.05, 0.1) is 6.07 Å². The fourth-order valence-electron chi connectivity index (χ4n) is 1.13. The summed E-state index contributed by atoms with van der Waals surface area (Å²) in [6, 6.07) is 9.27. The molecule has 1 N–H and O–H groups in total. The largest absolute Gasteiger partial charge is 0.328 e. The van der Waals surface area contributed by atoms with Crippen LogP contribution < -0.4 is 5.32 Å². The number of carbonyl (C=O) groups excluding carboxylic acids is 1. The number of nitriles is 1. The first kappa shape index (κ1) is 11.6. The van der Waals surface area contributed by atoms with E-state index in [0.29, 0.717) is 5.56 Å². The molecule has 4 heteroatoms. The summed E-state index contributed by atoms with van der Waals surface area (Å²) in [5, 5.41) is 10.8. The summed E-state index contributed by atoms with van der Waals surface area (Å²) < 4.78 is 0. The molecule has 0 radical (unpaired) electrons. The summed E-state index contributed by atoms with van der Waals surface area (Å²) in [6.07, 6.45) is 1.78. The number of rotatable bonds is 3. The Morgan fingerprint density at radius 3 is 2.87 bits per heavy atom. The molecule has 1 rings (SSSR count). The summed E-state index contributed by atoms with van der Waals surface area (Å²) >= 11 is 1.30. The van der Waals surface area contributed by atoms with Crippen LogP contribution in [-0.2, 0) is 0 Å². The first-order chi connectivity index (χ1) is 7.17. The number of hydrogen-bond donors (Lipinski definition) is 1. The average molecular weight is 220 g/mol. The van der Waals surface area contributed by atoms with Crippen LogP contribution in [0.1, 0.15) is 15.9 Å². The summed E-state index contributed by atoms with van der Waals surface area (Å²) in [4.78, 5) is 11.6. The van der Waals surface area contributed by atoms with Crippen molar-refractivity contribution in [2.24, 2.45) is 0 Å². The van der Waals surface area contributed by atoms with Gasteiger partial charge in [-0.1, -0.05) is 17.7 Å². The molecule has 0 spiro atoms.